The number of amides is 1. The molecule has 1 atom stereocenters. The summed E-state index contributed by atoms with van der Waals surface area (Å²) >= 11 is 0. The second-order valence-electron chi connectivity index (χ2n) is 6.21. The van der Waals surface area contributed by atoms with Gasteiger partial charge in [-0.15, -0.1) is 0 Å². The highest BCUT2D eigenvalue weighted by molar-refractivity contribution is 5.91. The maximum atomic E-state index is 12.9. The summed E-state index contributed by atoms with van der Waals surface area (Å²) in [7, 11) is 3.83. The van der Waals surface area contributed by atoms with Gasteiger partial charge in [0.15, 0.2) is 5.76 Å². The average Bonchev–Trinajstić information content (AvgIpc) is 3.33. The molecule has 0 aliphatic carbocycles. The van der Waals surface area contributed by atoms with Gasteiger partial charge in [-0.3, -0.25) is 9.69 Å². The van der Waals surface area contributed by atoms with Gasteiger partial charge in [0.25, 0.3) is 5.91 Å². The van der Waals surface area contributed by atoms with Crippen LogP contribution < -0.4 is 10.1 Å². The van der Waals surface area contributed by atoms with Gasteiger partial charge in [-0.2, -0.15) is 0 Å². The van der Waals surface area contributed by atoms with Gasteiger partial charge in [0.1, 0.15) is 29.7 Å². The van der Waals surface area contributed by atoms with Gasteiger partial charge < -0.3 is 18.9 Å². The molecular formula is C20H21FN2O4. The summed E-state index contributed by atoms with van der Waals surface area (Å²) in [5.41, 5.74) is 0. The molecule has 1 aromatic carbocycles. The number of ether oxygens (including phenoxy) is 1. The highest BCUT2D eigenvalue weighted by Crippen LogP contribution is 2.18. The van der Waals surface area contributed by atoms with Crippen molar-refractivity contribution in [2.45, 2.75) is 12.6 Å². The fraction of sp³-hybridized carbons (Fsp3) is 0.250. The second kappa shape index (κ2) is 8.55. The minimum Gasteiger partial charge on any atom is -0.486 e. The molecule has 3 rings (SSSR count). The Morgan fingerprint density at radius 2 is 1.96 bits per heavy atom. The normalized spacial score (nSPS) is 12.1. The first kappa shape index (κ1) is 18.7. The molecule has 0 saturated heterocycles. The molecule has 0 aliphatic rings. The summed E-state index contributed by atoms with van der Waals surface area (Å²) < 4.78 is 29.3. The molecule has 6 nitrogen and oxygen atoms in total. The summed E-state index contributed by atoms with van der Waals surface area (Å²) in [6.07, 6.45) is 1.60. The third-order valence-electron chi connectivity index (χ3n) is 4.03. The van der Waals surface area contributed by atoms with E-state index in [9.17, 15) is 9.18 Å². The predicted molar refractivity (Wildman–Crippen MR) is 96.9 cm³/mol. The number of nitrogens with one attached hydrogen (secondary N) is 1. The molecule has 0 saturated carbocycles. The van der Waals surface area contributed by atoms with E-state index in [4.69, 9.17) is 13.6 Å². The minimum absolute atomic E-state index is 0.0832. The van der Waals surface area contributed by atoms with Crippen molar-refractivity contribution >= 4 is 5.91 Å². The van der Waals surface area contributed by atoms with E-state index in [0.717, 1.165) is 5.76 Å². The van der Waals surface area contributed by atoms with Crippen LogP contribution in [0.4, 0.5) is 4.39 Å². The van der Waals surface area contributed by atoms with Gasteiger partial charge in [0, 0.05) is 6.54 Å². The molecule has 0 unspecified atom stereocenters. The second-order valence-corrected chi connectivity index (χ2v) is 6.21. The predicted octanol–water partition coefficient (Wildman–Crippen LogP) is 3.62. The van der Waals surface area contributed by atoms with Crippen LogP contribution in [-0.4, -0.2) is 31.4 Å². The van der Waals surface area contributed by atoms with E-state index < -0.39 is 0 Å². The average molecular weight is 372 g/mol. The van der Waals surface area contributed by atoms with Crippen molar-refractivity contribution in [2.75, 3.05) is 20.6 Å². The van der Waals surface area contributed by atoms with Crippen molar-refractivity contribution in [3.8, 4) is 5.75 Å². The summed E-state index contributed by atoms with van der Waals surface area (Å²) in [5, 5.41) is 2.85. The molecule has 0 bridgehead atoms. The van der Waals surface area contributed by atoms with Gasteiger partial charge in [0.05, 0.1) is 12.3 Å². The summed E-state index contributed by atoms with van der Waals surface area (Å²) in [6.45, 7) is 0.521. The van der Waals surface area contributed by atoms with Crippen LogP contribution in [-0.2, 0) is 6.61 Å². The Morgan fingerprint density at radius 3 is 2.63 bits per heavy atom. The van der Waals surface area contributed by atoms with Crippen LogP contribution in [0.15, 0.2) is 63.6 Å². The van der Waals surface area contributed by atoms with E-state index in [-0.39, 0.29) is 30.1 Å². The van der Waals surface area contributed by atoms with Crippen LogP contribution in [0.1, 0.15) is 28.1 Å². The lowest BCUT2D eigenvalue weighted by molar-refractivity contribution is 0.0907. The number of likely N-dealkylation sites (N-methyl/N-ethyl adjacent to an activating group) is 1. The molecule has 2 heterocycles. The van der Waals surface area contributed by atoms with Crippen LogP contribution in [0, 0.1) is 5.82 Å². The van der Waals surface area contributed by atoms with Crippen molar-refractivity contribution in [3.05, 3.63) is 77.9 Å². The molecule has 0 fully saturated rings. The number of furan rings is 2. The first-order valence-electron chi connectivity index (χ1n) is 8.48. The molecule has 1 amide bonds. The van der Waals surface area contributed by atoms with Crippen molar-refractivity contribution in [1.29, 1.82) is 0 Å². The van der Waals surface area contributed by atoms with Crippen LogP contribution in [0.25, 0.3) is 0 Å². The number of halogens is 1. The Labute approximate surface area is 156 Å². The first-order valence-corrected chi connectivity index (χ1v) is 8.48. The van der Waals surface area contributed by atoms with Crippen LogP contribution >= 0.6 is 0 Å². The number of nitrogens with zero attached hydrogens (tertiary/aromatic N) is 1. The van der Waals surface area contributed by atoms with Crippen molar-refractivity contribution < 1.29 is 22.8 Å². The number of hydrogen-bond donors (Lipinski definition) is 1. The third-order valence-corrected chi connectivity index (χ3v) is 4.03. The number of benzene rings is 1. The molecule has 142 valence electrons. The fourth-order valence-corrected chi connectivity index (χ4v) is 2.56. The van der Waals surface area contributed by atoms with E-state index in [1.54, 1.807) is 18.4 Å². The Hall–Kier alpha value is -3.06. The highest BCUT2D eigenvalue weighted by Gasteiger charge is 2.19. The maximum Gasteiger partial charge on any atom is 0.287 e. The third kappa shape index (κ3) is 4.98. The van der Waals surface area contributed by atoms with Crippen molar-refractivity contribution in [2.24, 2.45) is 0 Å². The van der Waals surface area contributed by atoms with Gasteiger partial charge in [-0.25, -0.2) is 4.39 Å². The standard InChI is InChI=1S/C20H21FN2O4/c1-23(2)17(18-4-3-11-25-18)12-22-20(24)19-10-9-16(27-19)13-26-15-7-5-14(21)6-8-15/h3-11,17H,12-13H2,1-2H3,(H,22,24)/t17-/m1/s1. The summed E-state index contributed by atoms with van der Waals surface area (Å²) in [6, 6.07) is 12.6. The molecule has 0 aliphatic heterocycles. The lowest BCUT2D eigenvalue weighted by atomic mass is 10.2. The molecule has 3 aromatic rings. The van der Waals surface area contributed by atoms with Crippen molar-refractivity contribution in [3.63, 3.8) is 0 Å². The van der Waals surface area contributed by atoms with E-state index in [2.05, 4.69) is 5.32 Å². The zero-order chi connectivity index (χ0) is 19.2. The lowest BCUT2D eigenvalue weighted by Gasteiger charge is -2.22. The largest absolute Gasteiger partial charge is 0.486 e. The smallest absolute Gasteiger partial charge is 0.287 e. The number of hydrogen-bond acceptors (Lipinski definition) is 5. The molecule has 27 heavy (non-hydrogen) atoms. The van der Waals surface area contributed by atoms with E-state index in [1.807, 2.05) is 31.1 Å². The zero-order valence-electron chi connectivity index (χ0n) is 15.1. The SMILES string of the molecule is CN(C)[C@H](CNC(=O)c1ccc(COc2ccc(F)cc2)o1)c1ccco1. The van der Waals surface area contributed by atoms with Gasteiger partial charge in [-0.1, -0.05) is 0 Å². The van der Waals surface area contributed by atoms with Gasteiger partial charge in [-0.05, 0) is 62.6 Å². The first-order chi connectivity index (χ1) is 13.0. The molecule has 7 heteroatoms. The number of rotatable bonds is 8. The highest BCUT2D eigenvalue weighted by atomic mass is 19.1. The Morgan fingerprint density at radius 1 is 1.19 bits per heavy atom. The monoisotopic (exact) mass is 372 g/mol. The summed E-state index contributed by atoms with van der Waals surface area (Å²) in [4.78, 5) is 14.3. The molecule has 1 N–H and O–H groups in total. The van der Waals surface area contributed by atoms with Crippen LogP contribution in [0.3, 0.4) is 0 Å². The van der Waals surface area contributed by atoms with Gasteiger partial charge in [0.2, 0.25) is 0 Å². The van der Waals surface area contributed by atoms with Crippen LogP contribution in [0.5, 0.6) is 5.75 Å². The lowest BCUT2D eigenvalue weighted by Crippen LogP contribution is -2.34. The fourth-order valence-electron chi connectivity index (χ4n) is 2.56. The Balaban J connectivity index is 1.54. The maximum absolute atomic E-state index is 12.9. The van der Waals surface area contributed by atoms with E-state index in [0.29, 0.717) is 18.1 Å². The molecule has 0 spiro atoms. The number of carbonyl (C=O) groups is 1. The van der Waals surface area contributed by atoms with E-state index >= 15 is 0 Å². The Kier molecular flexibility index (Phi) is 5.93. The molecule has 0 radical (unpaired) electrons. The zero-order valence-corrected chi connectivity index (χ0v) is 15.1. The summed E-state index contributed by atoms with van der Waals surface area (Å²) in [5.74, 6) is 1.34. The topological polar surface area (TPSA) is 67.9 Å². The van der Waals surface area contributed by atoms with Crippen molar-refractivity contribution in [1.82, 2.24) is 10.2 Å². The quantitative estimate of drug-likeness (QED) is 0.654. The van der Waals surface area contributed by atoms with Crippen LogP contribution in [0.2, 0.25) is 0 Å². The number of carbonyl (C=O) groups excluding carboxylic acids is 1. The molecular weight excluding hydrogens is 351 g/mol. The van der Waals surface area contributed by atoms with E-state index in [1.165, 1.54) is 24.3 Å². The molecule has 2 aromatic heterocycles. The Bertz CT molecular complexity index is 857. The minimum atomic E-state index is -0.329. The van der Waals surface area contributed by atoms with Gasteiger partial charge >= 0.3 is 0 Å².